The average molecular weight is 284 g/mol. The van der Waals surface area contributed by atoms with Crippen LogP contribution in [0.3, 0.4) is 0 Å². The molecule has 1 aromatic carbocycles. The van der Waals surface area contributed by atoms with E-state index in [2.05, 4.69) is 10.2 Å². The molecule has 0 amide bonds. The maximum absolute atomic E-state index is 13.9. The minimum Gasteiger partial charge on any atom is -0.342 e. The van der Waals surface area contributed by atoms with Crippen molar-refractivity contribution in [1.29, 1.82) is 0 Å². The van der Waals surface area contributed by atoms with Crippen molar-refractivity contribution in [2.75, 3.05) is 4.90 Å². The topological polar surface area (TPSA) is 31.9 Å². The first-order chi connectivity index (χ1) is 9.08. The van der Waals surface area contributed by atoms with Crippen molar-refractivity contribution >= 4 is 28.3 Å². The van der Waals surface area contributed by atoms with Gasteiger partial charge in [-0.1, -0.05) is 17.7 Å². The van der Waals surface area contributed by atoms with Crippen molar-refractivity contribution in [2.45, 2.75) is 37.3 Å². The highest BCUT2D eigenvalue weighted by atomic mass is 35.5. The van der Waals surface area contributed by atoms with E-state index in [4.69, 9.17) is 11.6 Å². The molecule has 6 heteroatoms. The number of alkyl halides is 2. The van der Waals surface area contributed by atoms with Crippen LogP contribution in [-0.4, -0.2) is 28.2 Å². The Kier molecular flexibility index (Phi) is 2.17. The highest BCUT2D eigenvalue weighted by Gasteiger charge is 2.58. The Balaban J connectivity index is 1.88. The van der Waals surface area contributed by atoms with Gasteiger partial charge in [-0.2, -0.15) is 5.10 Å². The zero-order chi connectivity index (χ0) is 13.2. The summed E-state index contributed by atoms with van der Waals surface area (Å²) in [6.07, 6.45) is 1.26. The van der Waals surface area contributed by atoms with Gasteiger partial charge in [-0.05, 0) is 25.0 Å². The molecule has 0 radical (unpaired) electrons. The normalized spacial score (nSPS) is 28.5. The fourth-order valence-corrected chi connectivity index (χ4v) is 3.73. The molecule has 3 heterocycles. The van der Waals surface area contributed by atoms with Crippen LogP contribution in [0.25, 0.3) is 10.9 Å². The summed E-state index contributed by atoms with van der Waals surface area (Å²) in [4.78, 5) is 1.77. The van der Waals surface area contributed by atoms with Gasteiger partial charge in [0.25, 0.3) is 5.92 Å². The minimum absolute atomic E-state index is 0.0729. The summed E-state index contributed by atoms with van der Waals surface area (Å²) in [5.74, 6) is -2.04. The molecule has 0 spiro atoms. The Morgan fingerprint density at radius 3 is 2.89 bits per heavy atom. The van der Waals surface area contributed by atoms with Crippen molar-refractivity contribution in [1.82, 2.24) is 10.2 Å². The second kappa shape index (κ2) is 3.60. The molecule has 100 valence electrons. The van der Waals surface area contributed by atoms with Crippen LogP contribution in [-0.2, 0) is 0 Å². The van der Waals surface area contributed by atoms with E-state index in [1.807, 2.05) is 12.1 Å². The molecule has 2 saturated heterocycles. The van der Waals surface area contributed by atoms with Crippen LogP contribution in [0.5, 0.6) is 0 Å². The number of hydrogen-bond donors (Lipinski definition) is 1. The van der Waals surface area contributed by atoms with Crippen molar-refractivity contribution in [3.63, 3.8) is 0 Å². The molecular formula is C13H12ClF2N3. The van der Waals surface area contributed by atoms with E-state index in [-0.39, 0.29) is 12.5 Å². The van der Waals surface area contributed by atoms with Gasteiger partial charge in [-0.25, -0.2) is 8.78 Å². The highest BCUT2D eigenvalue weighted by Crippen LogP contribution is 2.50. The number of nitrogens with zero attached hydrogens (tertiary/aromatic N) is 2. The maximum Gasteiger partial charge on any atom is 0.270 e. The second-order valence-electron chi connectivity index (χ2n) is 5.33. The molecule has 2 aliphatic rings. The Labute approximate surface area is 113 Å². The third-order valence-corrected chi connectivity index (χ3v) is 4.58. The molecule has 2 fully saturated rings. The Morgan fingerprint density at radius 2 is 2.21 bits per heavy atom. The predicted octanol–water partition coefficient (Wildman–Crippen LogP) is 3.59. The molecule has 0 aliphatic carbocycles. The van der Waals surface area contributed by atoms with Crippen molar-refractivity contribution in [2.24, 2.45) is 0 Å². The van der Waals surface area contributed by atoms with E-state index >= 15 is 0 Å². The maximum atomic E-state index is 13.9. The number of nitrogens with one attached hydrogen (secondary N) is 1. The van der Waals surface area contributed by atoms with Gasteiger partial charge in [0.1, 0.15) is 0 Å². The quantitative estimate of drug-likeness (QED) is 0.867. The summed E-state index contributed by atoms with van der Waals surface area (Å²) in [7, 11) is 0. The molecule has 2 aliphatic heterocycles. The summed E-state index contributed by atoms with van der Waals surface area (Å²) in [5.41, 5.74) is 0.789. The summed E-state index contributed by atoms with van der Waals surface area (Å²) in [6.45, 7) is 0. The number of halogens is 3. The van der Waals surface area contributed by atoms with Crippen molar-refractivity contribution < 1.29 is 8.78 Å². The van der Waals surface area contributed by atoms with Crippen LogP contribution in [0, 0.1) is 0 Å². The van der Waals surface area contributed by atoms with Crippen molar-refractivity contribution in [3.05, 3.63) is 23.2 Å². The van der Waals surface area contributed by atoms with E-state index in [1.54, 1.807) is 11.0 Å². The van der Waals surface area contributed by atoms with Crippen LogP contribution in [0.15, 0.2) is 18.2 Å². The molecule has 2 bridgehead atoms. The summed E-state index contributed by atoms with van der Waals surface area (Å²) in [5, 5.41) is 8.41. The van der Waals surface area contributed by atoms with Crippen LogP contribution in [0.4, 0.5) is 14.6 Å². The lowest BCUT2D eigenvalue weighted by molar-refractivity contribution is -0.0197. The summed E-state index contributed by atoms with van der Waals surface area (Å²) >= 11 is 6.19. The van der Waals surface area contributed by atoms with Gasteiger partial charge in [0.15, 0.2) is 5.82 Å². The molecule has 3 nitrogen and oxygen atoms in total. The van der Waals surface area contributed by atoms with Crippen LogP contribution < -0.4 is 4.90 Å². The number of benzene rings is 1. The van der Waals surface area contributed by atoms with Gasteiger partial charge in [-0.3, -0.25) is 5.10 Å². The smallest absolute Gasteiger partial charge is 0.270 e. The first kappa shape index (κ1) is 11.5. The Bertz CT molecular complexity index is 654. The van der Waals surface area contributed by atoms with E-state index < -0.39 is 12.0 Å². The molecule has 2 unspecified atom stereocenters. The molecule has 2 atom stereocenters. The SMILES string of the molecule is FC1(F)CC2CCC1N2c1n[nH]c2cccc(Cl)c12. The molecule has 1 aromatic heterocycles. The number of aromatic amines is 1. The van der Waals surface area contributed by atoms with E-state index in [0.29, 0.717) is 17.3 Å². The van der Waals surface area contributed by atoms with Crippen LogP contribution in [0.1, 0.15) is 19.3 Å². The third-order valence-electron chi connectivity index (χ3n) is 4.26. The average Bonchev–Trinajstić information content (AvgIpc) is 2.98. The summed E-state index contributed by atoms with van der Waals surface area (Å²) < 4.78 is 27.7. The second-order valence-corrected chi connectivity index (χ2v) is 5.74. The van der Waals surface area contributed by atoms with Gasteiger partial charge in [0, 0.05) is 12.5 Å². The molecule has 2 aromatic rings. The van der Waals surface area contributed by atoms with Gasteiger partial charge in [0.05, 0.1) is 22.0 Å². The molecule has 0 saturated carbocycles. The third kappa shape index (κ3) is 1.45. The van der Waals surface area contributed by atoms with Crippen LogP contribution in [0.2, 0.25) is 5.02 Å². The standard InChI is InChI=1S/C13H12ClF2N3/c14-8-2-1-3-9-11(8)12(18-17-9)19-7-4-5-10(19)13(15,16)6-7/h1-3,7,10H,4-6H2,(H,17,18). The fourth-order valence-electron chi connectivity index (χ4n) is 3.47. The van der Waals surface area contributed by atoms with Crippen molar-refractivity contribution in [3.8, 4) is 0 Å². The monoisotopic (exact) mass is 283 g/mol. The first-order valence-electron chi connectivity index (χ1n) is 6.37. The predicted molar refractivity (Wildman–Crippen MR) is 70.0 cm³/mol. The number of rotatable bonds is 1. The number of H-pyrrole nitrogens is 1. The first-order valence-corrected chi connectivity index (χ1v) is 6.74. The lowest BCUT2D eigenvalue weighted by atomic mass is 9.97. The summed E-state index contributed by atoms with van der Waals surface area (Å²) in [6, 6.07) is 4.58. The lowest BCUT2D eigenvalue weighted by Crippen LogP contribution is -2.36. The number of anilines is 1. The Hall–Kier alpha value is -1.36. The largest absolute Gasteiger partial charge is 0.342 e. The van der Waals surface area contributed by atoms with Gasteiger partial charge < -0.3 is 4.90 Å². The lowest BCUT2D eigenvalue weighted by Gasteiger charge is -2.23. The molecule has 1 N–H and O–H groups in total. The van der Waals surface area contributed by atoms with Gasteiger partial charge in [0.2, 0.25) is 0 Å². The van der Waals surface area contributed by atoms with Gasteiger partial charge >= 0.3 is 0 Å². The zero-order valence-electron chi connectivity index (χ0n) is 10.0. The fraction of sp³-hybridized carbons (Fsp3) is 0.462. The minimum atomic E-state index is -2.62. The van der Waals surface area contributed by atoms with E-state index in [0.717, 1.165) is 17.3 Å². The highest BCUT2D eigenvalue weighted by molar-refractivity contribution is 6.36. The zero-order valence-corrected chi connectivity index (χ0v) is 10.8. The number of hydrogen-bond acceptors (Lipinski definition) is 2. The van der Waals surface area contributed by atoms with E-state index in [1.165, 1.54) is 0 Å². The van der Waals surface area contributed by atoms with E-state index in [9.17, 15) is 8.78 Å². The number of fused-ring (bicyclic) bond motifs is 3. The Morgan fingerprint density at radius 1 is 1.37 bits per heavy atom. The molecular weight excluding hydrogens is 272 g/mol. The van der Waals surface area contributed by atoms with Crippen LogP contribution >= 0.6 is 11.6 Å². The molecule has 19 heavy (non-hydrogen) atoms. The molecule has 4 rings (SSSR count). The van der Waals surface area contributed by atoms with Gasteiger partial charge in [-0.15, -0.1) is 0 Å². The number of aromatic nitrogens is 2.